The van der Waals surface area contributed by atoms with E-state index in [1.54, 1.807) is 0 Å². The van der Waals surface area contributed by atoms with Gasteiger partial charge in [0.1, 0.15) is 0 Å². The van der Waals surface area contributed by atoms with Gasteiger partial charge in [-0.05, 0) is 42.9 Å². The Morgan fingerprint density at radius 3 is 2.44 bits per heavy atom. The molecule has 1 saturated carbocycles. The number of hydrogen-bond acceptors (Lipinski definition) is 2. The molecule has 2 atom stereocenters. The number of hydrogen-bond donors (Lipinski definition) is 1. The molecule has 1 heterocycles. The molecule has 0 bridgehead atoms. The van der Waals surface area contributed by atoms with E-state index in [1.165, 1.54) is 43.5 Å². The third kappa shape index (κ3) is 2.45. The van der Waals surface area contributed by atoms with Gasteiger partial charge < -0.3 is 5.32 Å². The predicted molar refractivity (Wildman–Crippen MR) is 75.3 cm³/mol. The maximum Gasteiger partial charge on any atom is 0.0237 e. The second kappa shape index (κ2) is 5.41. The van der Waals surface area contributed by atoms with Crippen molar-refractivity contribution in [3.63, 3.8) is 0 Å². The van der Waals surface area contributed by atoms with Crippen LogP contribution in [0.25, 0.3) is 0 Å². The van der Waals surface area contributed by atoms with Crippen LogP contribution in [0.3, 0.4) is 0 Å². The molecular weight excluding hydrogens is 220 g/mol. The lowest BCUT2D eigenvalue weighted by atomic mass is 10.0. The van der Waals surface area contributed by atoms with Gasteiger partial charge in [0.2, 0.25) is 0 Å². The summed E-state index contributed by atoms with van der Waals surface area (Å²) in [5.41, 5.74) is 2.96. The van der Waals surface area contributed by atoms with Crippen molar-refractivity contribution in [1.29, 1.82) is 0 Å². The molecule has 2 unspecified atom stereocenters. The molecule has 1 aliphatic carbocycles. The molecule has 1 aromatic carbocycles. The first-order chi connectivity index (χ1) is 8.86. The highest BCUT2D eigenvalue weighted by Gasteiger charge is 2.35. The van der Waals surface area contributed by atoms with E-state index >= 15 is 0 Å². The Kier molecular flexibility index (Phi) is 3.67. The van der Waals surface area contributed by atoms with Crippen LogP contribution in [0, 0.1) is 11.8 Å². The molecule has 2 aliphatic rings. The minimum atomic E-state index is 0.983. The Morgan fingerprint density at radius 2 is 1.78 bits per heavy atom. The SMILES string of the molecule is CNCc1ccccc1CN1CC2CCCC2C1. The van der Waals surface area contributed by atoms with Crippen molar-refractivity contribution >= 4 is 0 Å². The molecule has 0 amide bonds. The number of fused-ring (bicyclic) bond motifs is 1. The van der Waals surface area contributed by atoms with E-state index in [2.05, 4.69) is 34.5 Å². The normalized spacial score (nSPS) is 27.6. The van der Waals surface area contributed by atoms with Gasteiger partial charge in [0.15, 0.2) is 0 Å². The van der Waals surface area contributed by atoms with Crippen LogP contribution >= 0.6 is 0 Å². The topological polar surface area (TPSA) is 15.3 Å². The van der Waals surface area contributed by atoms with E-state index in [4.69, 9.17) is 0 Å². The summed E-state index contributed by atoms with van der Waals surface area (Å²) in [6, 6.07) is 8.86. The van der Waals surface area contributed by atoms with Gasteiger partial charge in [0, 0.05) is 26.2 Å². The monoisotopic (exact) mass is 244 g/mol. The molecule has 1 aromatic rings. The largest absolute Gasteiger partial charge is 0.316 e. The van der Waals surface area contributed by atoms with Crippen LogP contribution in [-0.4, -0.2) is 25.0 Å². The molecule has 3 rings (SSSR count). The fourth-order valence-electron chi connectivity index (χ4n) is 3.78. The zero-order valence-electron chi connectivity index (χ0n) is 11.4. The summed E-state index contributed by atoms with van der Waals surface area (Å²) in [6.07, 6.45) is 4.41. The average molecular weight is 244 g/mol. The lowest BCUT2D eigenvalue weighted by Crippen LogP contribution is -2.22. The van der Waals surface area contributed by atoms with Gasteiger partial charge in [-0.2, -0.15) is 0 Å². The Labute approximate surface area is 110 Å². The van der Waals surface area contributed by atoms with Crippen LogP contribution in [0.5, 0.6) is 0 Å². The van der Waals surface area contributed by atoms with E-state index in [-0.39, 0.29) is 0 Å². The second-order valence-electron chi connectivity index (χ2n) is 5.94. The summed E-state index contributed by atoms with van der Waals surface area (Å²) in [6.45, 7) is 4.79. The van der Waals surface area contributed by atoms with Gasteiger partial charge in [-0.3, -0.25) is 4.90 Å². The standard InChI is InChI=1S/C16H24N2/c1-17-9-13-5-2-3-6-14(13)10-18-11-15-7-4-8-16(15)12-18/h2-3,5-6,15-17H,4,7-12H2,1H3. The van der Waals surface area contributed by atoms with Gasteiger partial charge in [-0.1, -0.05) is 30.7 Å². The first-order valence-corrected chi connectivity index (χ1v) is 7.30. The third-order valence-corrected chi connectivity index (χ3v) is 4.68. The molecule has 0 aromatic heterocycles. The quantitative estimate of drug-likeness (QED) is 0.876. The van der Waals surface area contributed by atoms with E-state index in [9.17, 15) is 0 Å². The van der Waals surface area contributed by atoms with Crippen LogP contribution in [0.1, 0.15) is 30.4 Å². The van der Waals surface area contributed by atoms with Gasteiger partial charge in [-0.25, -0.2) is 0 Å². The van der Waals surface area contributed by atoms with Gasteiger partial charge in [0.25, 0.3) is 0 Å². The van der Waals surface area contributed by atoms with Crippen molar-refractivity contribution in [2.45, 2.75) is 32.4 Å². The first-order valence-electron chi connectivity index (χ1n) is 7.30. The average Bonchev–Trinajstić information content (AvgIpc) is 2.92. The molecular formula is C16H24N2. The molecule has 2 nitrogen and oxygen atoms in total. The summed E-state index contributed by atoms with van der Waals surface area (Å²) in [4.78, 5) is 2.67. The zero-order valence-corrected chi connectivity index (χ0v) is 11.4. The molecule has 18 heavy (non-hydrogen) atoms. The maximum atomic E-state index is 3.27. The van der Waals surface area contributed by atoms with Gasteiger partial charge >= 0.3 is 0 Å². The Morgan fingerprint density at radius 1 is 1.11 bits per heavy atom. The van der Waals surface area contributed by atoms with Crippen molar-refractivity contribution in [3.8, 4) is 0 Å². The van der Waals surface area contributed by atoms with E-state index in [0.29, 0.717) is 0 Å². The van der Waals surface area contributed by atoms with Crippen molar-refractivity contribution in [2.75, 3.05) is 20.1 Å². The van der Waals surface area contributed by atoms with E-state index in [0.717, 1.165) is 24.9 Å². The van der Waals surface area contributed by atoms with Gasteiger partial charge in [0.05, 0.1) is 0 Å². The van der Waals surface area contributed by atoms with Crippen LogP contribution in [-0.2, 0) is 13.1 Å². The highest BCUT2D eigenvalue weighted by molar-refractivity contribution is 5.27. The highest BCUT2D eigenvalue weighted by Crippen LogP contribution is 2.38. The summed E-state index contributed by atoms with van der Waals surface area (Å²) in [5.74, 6) is 2.00. The number of rotatable bonds is 4. The summed E-state index contributed by atoms with van der Waals surface area (Å²) in [7, 11) is 2.02. The molecule has 2 fully saturated rings. The van der Waals surface area contributed by atoms with E-state index < -0.39 is 0 Å². The Hall–Kier alpha value is -0.860. The fraction of sp³-hybridized carbons (Fsp3) is 0.625. The lowest BCUT2D eigenvalue weighted by molar-refractivity contribution is 0.302. The fourth-order valence-corrected chi connectivity index (χ4v) is 3.78. The van der Waals surface area contributed by atoms with E-state index in [1.807, 2.05) is 7.05 Å². The smallest absolute Gasteiger partial charge is 0.0237 e. The Balaban J connectivity index is 1.66. The second-order valence-corrected chi connectivity index (χ2v) is 5.94. The number of nitrogens with one attached hydrogen (secondary N) is 1. The Bertz CT molecular complexity index is 390. The molecule has 2 heteroatoms. The number of likely N-dealkylation sites (tertiary alicyclic amines) is 1. The molecule has 0 spiro atoms. The van der Waals surface area contributed by atoms with Crippen molar-refractivity contribution in [3.05, 3.63) is 35.4 Å². The molecule has 98 valence electrons. The summed E-state index contributed by atoms with van der Waals surface area (Å²) >= 11 is 0. The minimum Gasteiger partial charge on any atom is -0.316 e. The van der Waals surface area contributed by atoms with Crippen molar-refractivity contribution in [2.24, 2.45) is 11.8 Å². The highest BCUT2D eigenvalue weighted by atomic mass is 15.2. The molecule has 1 saturated heterocycles. The molecule has 1 aliphatic heterocycles. The first kappa shape index (κ1) is 12.2. The van der Waals surface area contributed by atoms with Crippen molar-refractivity contribution < 1.29 is 0 Å². The number of nitrogens with zero attached hydrogens (tertiary/aromatic N) is 1. The summed E-state index contributed by atoms with van der Waals surface area (Å²) in [5, 5.41) is 3.27. The van der Waals surface area contributed by atoms with Crippen LogP contribution < -0.4 is 5.32 Å². The van der Waals surface area contributed by atoms with Gasteiger partial charge in [-0.15, -0.1) is 0 Å². The minimum absolute atomic E-state index is 0.983. The van der Waals surface area contributed by atoms with Crippen LogP contribution in [0.15, 0.2) is 24.3 Å². The maximum absolute atomic E-state index is 3.27. The summed E-state index contributed by atoms with van der Waals surface area (Å²) < 4.78 is 0. The zero-order chi connectivity index (χ0) is 12.4. The third-order valence-electron chi connectivity index (χ3n) is 4.68. The van der Waals surface area contributed by atoms with Crippen LogP contribution in [0.4, 0.5) is 0 Å². The predicted octanol–water partition coefficient (Wildman–Crippen LogP) is 2.64. The van der Waals surface area contributed by atoms with Crippen LogP contribution in [0.2, 0.25) is 0 Å². The molecule has 0 radical (unpaired) electrons. The lowest BCUT2D eigenvalue weighted by Gasteiger charge is -2.19. The number of benzene rings is 1. The molecule has 1 N–H and O–H groups in total. The van der Waals surface area contributed by atoms with Crippen molar-refractivity contribution in [1.82, 2.24) is 10.2 Å².